The van der Waals surface area contributed by atoms with Crippen LogP contribution in [0.2, 0.25) is 5.02 Å². The molecule has 0 radical (unpaired) electrons. The molecule has 146 valence electrons. The third-order valence-corrected chi connectivity index (χ3v) is 6.30. The normalized spacial score (nSPS) is 19.7. The summed E-state index contributed by atoms with van der Waals surface area (Å²) in [5.41, 5.74) is 1.13. The number of carbonyl (C=O) groups excluding carboxylic acids is 2. The van der Waals surface area contributed by atoms with Gasteiger partial charge in [0.05, 0.1) is 21.5 Å². The molecule has 3 heterocycles. The summed E-state index contributed by atoms with van der Waals surface area (Å²) in [7, 11) is 0. The number of hydrogen-bond acceptors (Lipinski definition) is 6. The van der Waals surface area contributed by atoms with Crippen LogP contribution in [0, 0.1) is 0 Å². The van der Waals surface area contributed by atoms with Crippen molar-refractivity contribution < 1.29 is 14.3 Å². The number of thioether (sulfide) groups is 1. The average Bonchev–Trinajstić information content (AvgIpc) is 2.70. The van der Waals surface area contributed by atoms with Gasteiger partial charge in [0.2, 0.25) is 5.91 Å². The molecule has 8 heteroatoms. The Bertz CT molecular complexity index is 898. The molecule has 6 nitrogen and oxygen atoms in total. The zero-order valence-electron chi connectivity index (χ0n) is 15.4. The van der Waals surface area contributed by atoms with E-state index in [1.807, 2.05) is 25.1 Å². The zero-order valence-corrected chi connectivity index (χ0v) is 16.9. The highest BCUT2D eigenvalue weighted by molar-refractivity contribution is 8.00. The molecule has 1 atom stereocenters. The number of pyridine rings is 1. The van der Waals surface area contributed by atoms with Gasteiger partial charge in [-0.1, -0.05) is 11.6 Å². The summed E-state index contributed by atoms with van der Waals surface area (Å²) in [6, 6.07) is 9.03. The predicted molar refractivity (Wildman–Crippen MR) is 110 cm³/mol. The number of amides is 1. The van der Waals surface area contributed by atoms with Gasteiger partial charge in [-0.25, -0.2) is 9.78 Å². The number of hydrogen-bond donors (Lipinski definition) is 1. The van der Waals surface area contributed by atoms with Crippen LogP contribution in [0.4, 0.5) is 11.5 Å². The minimum Gasteiger partial charge on any atom is -0.459 e. The largest absolute Gasteiger partial charge is 0.459 e. The van der Waals surface area contributed by atoms with Crippen molar-refractivity contribution in [2.45, 2.75) is 36.0 Å². The summed E-state index contributed by atoms with van der Waals surface area (Å²) >= 11 is 7.38. The van der Waals surface area contributed by atoms with Crippen molar-refractivity contribution in [3.8, 4) is 0 Å². The van der Waals surface area contributed by atoms with Gasteiger partial charge in [-0.2, -0.15) is 0 Å². The second-order valence-electron chi connectivity index (χ2n) is 6.89. The molecule has 0 aliphatic carbocycles. The van der Waals surface area contributed by atoms with Crippen molar-refractivity contribution in [3.05, 3.63) is 47.1 Å². The summed E-state index contributed by atoms with van der Waals surface area (Å²) in [6.07, 6.45) is 2.99. The van der Waals surface area contributed by atoms with E-state index in [9.17, 15) is 9.59 Å². The second-order valence-corrected chi connectivity index (χ2v) is 8.71. The van der Waals surface area contributed by atoms with Gasteiger partial charge in [0.25, 0.3) is 0 Å². The molecule has 1 aromatic heterocycles. The van der Waals surface area contributed by atoms with Gasteiger partial charge in [-0.05, 0) is 37.3 Å². The Morgan fingerprint density at radius 3 is 2.79 bits per heavy atom. The smallest absolute Gasteiger partial charge is 0.338 e. The first kappa shape index (κ1) is 19.1. The maximum absolute atomic E-state index is 12.6. The topological polar surface area (TPSA) is 71.5 Å². The number of anilines is 2. The first-order valence-corrected chi connectivity index (χ1v) is 10.4. The molecule has 1 N–H and O–H groups in total. The Hall–Kier alpha value is -2.25. The average molecular weight is 418 g/mol. The van der Waals surface area contributed by atoms with Crippen molar-refractivity contribution in [2.24, 2.45) is 0 Å². The van der Waals surface area contributed by atoms with E-state index in [2.05, 4.69) is 15.2 Å². The maximum Gasteiger partial charge on any atom is 0.338 e. The summed E-state index contributed by atoms with van der Waals surface area (Å²) in [4.78, 5) is 31.9. The Labute approximate surface area is 172 Å². The monoisotopic (exact) mass is 417 g/mol. The molecule has 4 rings (SSSR count). The zero-order chi connectivity index (χ0) is 19.7. The first-order chi connectivity index (χ1) is 13.5. The molecule has 0 spiro atoms. The summed E-state index contributed by atoms with van der Waals surface area (Å²) in [5, 5.41) is 3.32. The number of piperidine rings is 1. The number of carbonyl (C=O) groups is 2. The molecule has 1 aromatic carbocycles. The Morgan fingerprint density at radius 1 is 1.29 bits per heavy atom. The molecule has 2 aliphatic rings. The van der Waals surface area contributed by atoms with Crippen LogP contribution in [-0.2, 0) is 9.53 Å². The quantitative estimate of drug-likeness (QED) is 0.761. The third-order valence-electron chi connectivity index (χ3n) is 4.90. The molecule has 1 amide bonds. The third kappa shape index (κ3) is 4.10. The number of aromatic nitrogens is 1. The van der Waals surface area contributed by atoms with Gasteiger partial charge in [0.15, 0.2) is 0 Å². The van der Waals surface area contributed by atoms with Crippen LogP contribution < -0.4 is 10.2 Å². The fourth-order valence-corrected chi connectivity index (χ4v) is 4.36. The number of halogens is 1. The SMILES string of the molecule is C[C@@H]1Sc2ccc(C(=O)OC3CCN(c4ccc(Cl)cn4)CC3)cc2NC1=O. The number of nitrogens with one attached hydrogen (secondary N) is 1. The molecular formula is C20H20ClN3O3S. The molecule has 2 aliphatic heterocycles. The number of rotatable bonds is 3. The molecular weight excluding hydrogens is 398 g/mol. The minimum atomic E-state index is -0.358. The standard InChI is InChI=1S/C20H20ClN3O3S/c1-12-19(25)23-16-10-13(2-4-17(16)28-12)20(26)27-15-6-8-24(9-7-15)18-5-3-14(21)11-22-18/h2-5,10-12,15H,6-9H2,1H3,(H,23,25)/t12-/m0/s1. The lowest BCUT2D eigenvalue weighted by atomic mass is 10.1. The van der Waals surface area contributed by atoms with E-state index in [0.717, 1.165) is 36.6 Å². The van der Waals surface area contributed by atoms with E-state index >= 15 is 0 Å². The highest BCUT2D eigenvalue weighted by Gasteiger charge is 2.26. The fourth-order valence-electron chi connectivity index (χ4n) is 3.31. The van der Waals surface area contributed by atoms with Crippen molar-refractivity contribution in [1.82, 2.24) is 4.98 Å². The van der Waals surface area contributed by atoms with E-state index in [0.29, 0.717) is 16.3 Å². The molecule has 28 heavy (non-hydrogen) atoms. The summed E-state index contributed by atoms with van der Waals surface area (Å²) < 4.78 is 5.69. The van der Waals surface area contributed by atoms with Gasteiger partial charge in [0.1, 0.15) is 11.9 Å². The van der Waals surface area contributed by atoms with E-state index in [1.54, 1.807) is 18.3 Å². The van der Waals surface area contributed by atoms with Crippen LogP contribution in [0.3, 0.4) is 0 Å². The van der Waals surface area contributed by atoms with E-state index in [-0.39, 0.29) is 23.2 Å². The van der Waals surface area contributed by atoms with Crippen molar-refractivity contribution in [2.75, 3.05) is 23.3 Å². The van der Waals surface area contributed by atoms with Crippen LogP contribution in [0.5, 0.6) is 0 Å². The highest BCUT2D eigenvalue weighted by atomic mass is 35.5. The number of fused-ring (bicyclic) bond motifs is 1. The Morgan fingerprint density at radius 2 is 2.07 bits per heavy atom. The van der Waals surface area contributed by atoms with Crippen molar-refractivity contribution >= 4 is 46.7 Å². The van der Waals surface area contributed by atoms with Crippen LogP contribution in [0.1, 0.15) is 30.1 Å². The summed E-state index contributed by atoms with van der Waals surface area (Å²) in [5.74, 6) is 0.473. The van der Waals surface area contributed by atoms with Gasteiger partial charge in [-0.3, -0.25) is 4.79 Å². The predicted octanol–water partition coefficient (Wildman–Crippen LogP) is 3.99. The van der Waals surface area contributed by atoms with E-state index < -0.39 is 0 Å². The number of ether oxygens (including phenoxy) is 1. The maximum atomic E-state index is 12.6. The number of nitrogens with zero attached hydrogens (tertiary/aromatic N) is 2. The van der Waals surface area contributed by atoms with Gasteiger partial charge < -0.3 is 15.0 Å². The summed E-state index contributed by atoms with van der Waals surface area (Å²) in [6.45, 7) is 3.39. The van der Waals surface area contributed by atoms with Gasteiger partial charge in [0, 0.05) is 37.0 Å². The lowest BCUT2D eigenvalue weighted by molar-refractivity contribution is -0.115. The van der Waals surface area contributed by atoms with Crippen molar-refractivity contribution in [3.63, 3.8) is 0 Å². The fraction of sp³-hybridized carbons (Fsp3) is 0.350. The lowest BCUT2D eigenvalue weighted by Crippen LogP contribution is -2.38. The van der Waals surface area contributed by atoms with E-state index in [1.165, 1.54) is 11.8 Å². The van der Waals surface area contributed by atoms with Gasteiger partial charge in [-0.15, -0.1) is 11.8 Å². The molecule has 1 fully saturated rings. The van der Waals surface area contributed by atoms with Crippen LogP contribution in [-0.4, -0.2) is 41.3 Å². The number of esters is 1. The van der Waals surface area contributed by atoms with Gasteiger partial charge >= 0.3 is 5.97 Å². The molecule has 0 bridgehead atoms. The second kappa shape index (κ2) is 8.01. The van der Waals surface area contributed by atoms with Crippen molar-refractivity contribution in [1.29, 1.82) is 0 Å². The molecule has 2 aromatic rings. The first-order valence-electron chi connectivity index (χ1n) is 9.18. The highest BCUT2D eigenvalue weighted by Crippen LogP contribution is 2.36. The molecule has 1 saturated heterocycles. The van der Waals surface area contributed by atoms with E-state index in [4.69, 9.17) is 16.3 Å². The van der Waals surface area contributed by atoms with Crippen LogP contribution in [0.25, 0.3) is 0 Å². The molecule has 0 saturated carbocycles. The van der Waals surface area contributed by atoms with Crippen LogP contribution in [0.15, 0.2) is 41.4 Å². The lowest BCUT2D eigenvalue weighted by Gasteiger charge is -2.32. The van der Waals surface area contributed by atoms with Crippen LogP contribution >= 0.6 is 23.4 Å². The Kier molecular flexibility index (Phi) is 5.46. The number of benzene rings is 1. The Balaban J connectivity index is 1.35. The minimum absolute atomic E-state index is 0.0498. The molecule has 0 unspecified atom stereocenters.